The Morgan fingerprint density at radius 2 is 1.74 bits per heavy atom. The summed E-state index contributed by atoms with van der Waals surface area (Å²) in [6.07, 6.45) is 1.64. The van der Waals surface area contributed by atoms with Gasteiger partial charge in [-0.3, -0.25) is 4.79 Å². The van der Waals surface area contributed by atoms with Gasteiger partial charge in [0.05, 0.1) is 14.2 Å². The zero-order valence-corrected chi connectivity index (χ0v) is 19.5. The van der Waals surface area contributed by atoms with Crippen LogP contribution in [0.5, 0.6) is 11.5 Å². The SMILES string of the molecule is COc1cc(NC(=O)N2CCC[C@H](c3nnc(C(=O)Nc4ccc(F)cc4)s3)C2)cc(OC)c1. The van der Waals surface area contributed by atoms with Crippen molar-refractivity contribution < 1.29 is 23.5 Å². The van der Waals surface area contributed by atoms with Gasteiger partial charge in [-0.1, -0.05) is 11.3 Å². The topological polar surface area (TPSA) is 106 Å². The van der Waals surface area contributed by atoms with Crippen LogP contribution in [-0.2, 0) is 0 Å². The smallest absolute Gasteiger partial charge is 0.321 e. The van der Waals surface area contributed by atoms with E-state index in [1.807, 2.05) is 0 Å². The highest BCUT2D eigenvalue weighted by molar-refractivity contribution is 7.13. The number of carbonyl (C=O) groups is 2. The van der Waals surface area contributed by atoms with Crippen LogP contribution in [0.4, 0.5) is 20.6 Å². The van der Waals surface area contributed by atoms with E-state index in [9.17, 15) is 14.0 Å². The van der Waals surface area contributed by atoms with E-state index in [1.54, 1.807) is 37.3 Å². The van der Waals surface area contributed by atoms with Crippen LogP contribution < -0.4 is 20.1 Å². The standard InChI is InChI=1S/C23H24FN5O4S/c1-32-18-10-17(11-19(12-18)33-2)26-23(31)29-9-3-4-14(13-29)21-27-28-22(34-21)20(30)25-16-7-5-15(24)6-8-16/h5-8,10-12,14H,3-4,9,13H2,1-2H3,(H,25,30)(H,26,31)/t14-/m0/s1. The fourth-order valence-corrected chi connectivity index (χ4v) is 4.52. The van der Waals surface area contributed by atoms with Gasteiger partial charge in [0.2, 0.25) is 5.01 Å². The molecule has 1 atom stereocenters. The molecule has 0 unspecified atom stereocenters. The van der Waals surface area contributed by atoms with Crippen molar-refractivity contribution in [2.24, 2.45) is 0 Å². The van der Waals surface area contributed by atoms with Crippen LogP contribution in [-0.4, -0.2) is 54.3 Å². The third-order valence-corrected chi connectivity index (χ3v) is 6.48. The highest BCUT2D eigenvalue weighted by Gasteiger charge is 2.28. The second-order valence-electron chi connectivity index (χ2n) is 7.72. The van der Waals surface area contributed by atoms with Crippen LogP contribution in [0.2, 0.25) is 0 Å². The molecule has 1 aliphatic heterocycles. The Balaban J connectivity index is 1.39. The molecule has 9 nitrogen and oxygen atoms in total. The van der Waals surface area contributed by atoms with Gasteiger partial charge in [0.25, 0.3) is 5.91 Å². The van der Waals surface area contributed by atoms with E-state index in [0.717, 1.165) is 12.8 Å². The first-order valence-electron chi connectivity index (χ1n) is 10.6. The molecule has 2 heterocycles. The summed E-state index contributed by atoms with van der Waals surface area (Å²) in [5, 5.41) is 14.7. The maximum Gasteiger partial charge on any atom is 0.321 e. The molecular formula is C23H24FN5O4S. The average Bonchev–Trinajstić information content (AvgIpc) is 3.36. The quantitative estimate of drug-likeness (QED) is 0.538. The van der Waals surface area contributed by atoms with E-state index >= 15 is 0 Å². The Bertz CT molecular complexity index is 1150. The Hall–Kier alpha value is -3.73. The van der Waals surface area contributed by atoms with Crippen molar-refractivity contribution in [1.29, 1.82) is 0 Å². The van der Waals surface area contributed by atoms with Crippen molar-refractivity contribution in [3.8, 4) is 11.5 Å². The number of anilines is 2. The molecule has 1 aliphatic rings. The number of hydrogen-bond acceptors (Lipinski definition) is 7. The number of rotatable bonds is 6. The van der Waals surface area contributed by atoms with Crippen molar-refractivity contribution in [2.75, 3.05) is 37.9 Å². The molecule has 2 N–H and O–H groups in total. The van der Waals surface area contributed by atoms with Gasteiger partial charge in [0.1, 0.15) is 22.3 Å². The van der Waals surface area contributed by atoms with Gasteiger partial charge in [-0.15, -0.1) is 10.2 Å². The number of benzene rings is 2. The highest BCUT2D eigenvalue weighted by Crippen LogP contribution is 2.31. The van der Waals surface area contributed by atoms with Crippen LogP contribution in [0, 0.1) is 5.82 Å². The lowest BCUT2D eigenvalue weighted by atomic mass is 9.99. The number of carbonyl (C=O) groups excluding carboxylic acids is 2. The lowest BCUT2D eigenvalue weighted by Gasteiger charge is -2.31. The number of nitrogens with one attached hydrogen (secondary N) is 2. The van der Waals surface area contributed by atoms with Crippen LogP contribution in [0.25, 0.3) is 0 Å². The molecule has 0 radical (unpaired) electrons. The first-order valence-corrected chi connectivity index (χ1v) is 11.5. The molecule has 1 saturated heterocycles. The molecule has 0 spiro atoms. The Morgan fingerprint density at radius 1 is 1.03 bits per heavy atom. The van der Waals surface area contributed by atoms with Crippen molar-refractivity contribution in [3.63, 3.8) is 0 Å². The molecular weight excluding hydrogens is 461 g/mol. The van der Waals surface area contributed by atoms with Gasteiger partial charge in [0, 0.05) is 48.6 Å². The Labute approximate surface area is 199 Å². The van der Waals surface area contributed by atoms with Crippen LogP contribution in [0.3, 0.4) is 0 Å². The van der Waals surface area contributed by atoms with E-state index in [4.69, 9.17) is 9.47 Å². The summed E-state index contributed by atoms with van der Waals surface area (Å²) in [6.45, 7) is 1.07. The highest BCUT2D eigenvalue weighted by atomic mass is 32.1. The van der Waals surface area contributed by atoms with Gasteiger partial charge < -0.3 is 25.0 Å². The second kappa shape index (κ2) is 10.5. The largest absolute Gasteiger partial charge is 0.497 e. The maximum absolute atomic E-state index is 13.1. The average molecular weight is 486 g/mol. The molecule has 3 aromatic rings. The van der Waals surface area contributed by atoms with Gasteiger partial charge in [-0.2, -0.15) is 0 Å². The molecule has 3 amide bonds. The minimum Gasteiger partial charge on any atom is -0.497 e. The molecule has 2 aromatic carbocycles. The number of methoxy groups -OCH3 is 2. The molecule has 11 heteroatoms. The minimum atomic E-state index is -0.410. The van der Waals surface area contributed by atoms with E-state index in [-0.39, 0.29) is 22.8 Å². The molecule has 0 aliphatic carbocycles. The summed E-state index contributed by atoms with van der Waals surface area (Å²) in [7, 11) is 3.09. The van der Waals surface area contributed by atoms with E-state index in [0.29, 0.717) is 41.0 Å². The number of halogens is 1. The van der Waals surface area contributed by atoms with Gasteiger partial charge in [-0.25, -0.2) is 9.18 Å². The number of ether oxygens (including phenoxy) is 2. The maximum atomic E-state index is 13.1. The molecule has 0 saturated carbocycles. The van der Waals surface area contributed by atoms with Crippen LogP contribution >= 0.6 is 11.3 Å². The molecule has 1 fully saturated rings. The Morgan fingerprint density at radius 3 is 2.41 bits per heavy atom. The zero-order valence-electron chi connectivity index (χ0n) is 18.7. The summed E-state index contributed by atoms with van der Waals surface area (Å²) in [5.74, 6) is 0.336. The number of nitrogens with zero attached hydrogens (tertiary/aromatic N) is 3. The van der Waals surface area contributed by atoms with E-state index < -0.39 is 5.91 Å². The molecule has 1 aromatic heterocycles. The summed E-state index contributed by atoms with van der Waals surface area (Å²) < 4.78 is 23.6. The Kier molecular flexibility index (Phi) is 7.21. The number of likely N-dealkylation sites (tertiary alicyclic amines) is 1. The molecule has 34 heavy (non-hydrogen) atoms. The van der Waals surface area contributed by atoms with Gasteiger partial charge >= 0.3 is 6.03 Å². The molecule has 4 rings (SSSR count). The summed E-state index contributed by atoms with van der Waals surface area (Å²) in [5.41, 5.74) is 1.04. The number of hydrogen-bond donors (Lipinski definition) is 2. The van der Waals surface area contributed by atoms with Crippen LogP contribution in [0.1, 0.15) is 33.6 Å². The fourth-order valence-electron chi connectivity index (χ4n) is 3.65. The number of urea groups is 1. The fraction of sp³-hybridized carbons (Fsp3) is 0.304. The predicted octanol–water partition coefficient (Wildman–Crippen LogP) is 4.36. The summed E-state index contributed by atoms with van der Waals surface area (Å²) in [4.78, 5) is 27.1. The first kappa shape index (κ1) is 23.4. The number of piperidine rings is 1. The lowest BCUT2D eigenvalue weighted by Crippen LogP contribution is -2.41. The minimum absolute atomic E-state index is 0.0239. The van der Waals surface area contributed by atoms with Crippen molar-refractivity contribution in [1.82, 2.24) is 15.1 Å². The van der Waals surface area contributed by atoms with Crippen molar-refractivity contribution >= 4 is 34.6 Å². The lowest BCUT2D eigenvalue weighted by molar-refractivity contribution is 0.102. The molecule has 0 bridgehead atoms. The summed E-state index contributed by atoms with van der Waals surface area (Å²) in [6, 6.07) is 10.4. The van der Waals surface area contributed by atoms with Crippen molar-refractivity contribution in [3.05, 3.63) is 58.3 Å². The normalized spacial score (nSPS) is 15.5. The third kappa shape index (κ3) is 5.60. The van der Waals surface area contributed by atoms with Crippen molar-refractivity contribution in [2.45, 2.75) is 18.8 Å². The van der Waals surface area contributed by atoms with Gasteiger partial charge in [-0.05, 0) is 37.1 Å². The van der Waals surface area contributed by atoms with Gasteiger partial charge in [0.15, 0.2) is 0 Å². The zero-order chi connectivity index (χ0) is 24.1. The second-order valence-corrected chi connectivity index (χ2v) is 8.73. The summed E-state index contributed by atoms with van der Waals surface area (Å²) >= 11 is 1.20. The third-order valence-electron chi connectivity index (χ3n) is 5.40. The number of aromatic nitrogens is 2. The van der Waals surface area contributed by atoms with Crippen LogP contribution in [0.15, 0.2) is 42.5 Å². The monoisotopic (exact) mass is 485 g/mol. The van der Waals surface area contributed by atoms with E-state index in [1.165, 1.54) is 35.6 Å². The number of amides is 3. The molecule has 178 valence electrons. The van der Waals surface area contributed by atoms with E-state index in [2.05, 4.69) is 20.8 Å². The first-order chi connectivity index (χ1) is 16.4. The predicted molar refractivity (Wildman–Crippen MR) is 126 cm³/mol.